The molecular weight excluding hydrogens is 302 g/mol. The Bertz CT molecular complexity index is 1010. The molecule has 0 saturated heterocycles. The van der Waals surface area contributed by atoms with Gasteiger partial charge in [0.15, 0.2) is 0 Å². The van der Waals surface area contributed by atoms with E-state index in [0.717, 1.165) is 5.56 Å². The van der Waals surface area contributed by atoms with Crippen LogP contribution in [0.2, 0.25) is 0 Å². The first kappa shape index (κ1) is 15.5. The third-order valence-corrected chi connectivity index (χ3v) is 3.80. The smallest absolute Gasteiger partial charge is 0.254 e. The zero-order valence-corrected chi connectivity index (χ0v) is 13.1. The van der Waals surface area contributed by atoms with Gasteiger partial charge in [-0.15, -0.1) is 0 Å². The Balaban J connectivity index is 1.94. The van der Waals surface area contributed by atoms with Gasteiger partial charge in [-0.2, -0.15) is 5.26 Å². The highest BCUT2D eigenvalue weighted by Gasteiger charge is 2.16. The number of aromatic amines is 1. The Labute approximate surface area is 138 Å². The SMILES string of the molecule is CN(Cc1cccc(C#N)c1)C(=O)c1cc(=O)[nH]c2ccccc12. The van der Waals surface area contributed by atoms with Crippen molar-refractivity contribution in [3.05, 3.63) is 81.6 Å². The molecule has 0 aliphatic rings. The molecule has 118 valence electrons. The number of nitriles is 1. The predicted molar refractivity (Wildman–Crippen MR) is 91.5 cm³/mol. The second-order valence-corrected chi connectivity index (χ2v) is 5.57. The summed E-state index contributed by atoms with van der Waals surface area (Å²) in [6, 6.07) is 17.7. The van der Waals surface area contributed by atoms with Crippen LogP contribution in [0.25, 0.3) is 10.9 Å². The Hall–Kier alpha value is -3.39. The summed E-state index contributed by atoms with van der Waals surface area (Å²) < 4.78 is 0. The highest BCUT2D eigenvalue weighted by molar-refractivity contribution is 6.05. The number of hydrogen-bond donors (Lipinski definition) is 1. The van der Waals surface area contributed by atoms with Crippen molar-refractivity contribution in [2.75, 3.05) is 7.05 Å². The number of pyridine rings is 1. The van der Waals surface area contributed by atoms with Gasteiger partial charge in [0.1, 0.15) is 0 Å². The van der Waals surface area contributed by atoms with Gasteiger partial charge in [0.25, 0.3) is 5.91 Å². The topological polar surface area (TPSA) is 77.0 Å². The molecule has 24 heavy (non-hydrogen) atoms. The van der Waals surface area contributed by atoms with Crippen molar-refractivity contribution < 1.29 is 4.79 Å². The lowest BCUT2D eigenvalue weighted by Crippen LogP contribution is -2.27. The van der Waals surface area contributed by atoms with Gasteiger partial charge in [-0.05, 0) is 23.8 Å². The van der Waals surface area contributed by atoms with E-state index in [0.29, 0.717) is 28.6 Å². The molecule has 0 bridgehead atoms. The number of nitrogens with one attached hydrogen (secondary N) is 1. The lowest BCUT2D eigenvalue weighted by atomic mass is 10.1. The van der Waals surface area contributed by atoms with Gasteiger partial charge in [-0.3, -0.25) is 9.59 Å². The summed E-state index contributed by atoms with van der Waals surface area (Å²) in [4.78, 5) is 28.9. The number of hydrogen-bond acceptors (Lipinski definition) is 3. The molecule has 0 atom stereocenters. The van der Waals surface area contributed by atoms with Crippen molar-refractivity contribution in [1.82, 2.24) is 9.88 Å². The standard InChI is InChI=1S/C19H15N3O2/c1-22(12-14-6-4-5-13(9-14)11-20)19(24)16-10-18(23)21-17-8-3-2-7-15(16)17/h2-10H,12H2,1H3,(H,21,23). The lowest BCUT2D eigenvalue weighted by Gasteiger charge is -2.18. The van der Waals surface area contributed by atoms with Gasteiger partial charge in [-0.1, -0.05) is 30.3 Å². The number of rotatable bonds is 3. The van der Waals surface area contributed by atoms with Gasteiger partial charge in [0, 0.05) is 30.6 Å². The van der Waals surface area contributed by atoms with E-state index in [-0.39, 0.29) is 11.5 Å². The van der Waals surface area contributed by atoms with E-state index in [9.17, 15) is 9.59 Å². The Kier molecular flexibility index (Phi) is 4.13. The van der Waals surface area contributed by atoms with Gasteiger partial charge < -0.3 is 9.88 Å². The summed E-state index contributed by atoms with van der Waals surface area (Å²) >= 11 is 0. The van der Waals surface area contributed by atoms with Gasteiger partial charge in [-0.25, -0.2) is 0 Å². The molecule has 1 aromatic heterocycles. The third-order valence-electron chi connectivity index (χ3n) is 3.80. The van der Waals surface area contributed by atoms with Crippen LogP contribution < -0.4 is 5.56 Å². The second kappa shape index (κ2) is 6.39. The van der Waals surface area contributed by atoms with Crippen molar-refractivity contribution in [3.63, 3.8) is 0 Å². The van der Waals surface area contributed by atoms with Crippen molar-refractivity contribution in [1.29, 1.82) is 5.26 Å². The molecule has 0 aliphatic heterocycles. The summed E-state index contributed by atoms with van der Waals surface area (Å²) in [5.41, 5.74) is 2.10. The van der Waals surface area contributed by atoms with Crippen LogP contribution >= 0.6 is 0 Å². The number of carbonyl (C=O) groups excluding carboxylic acids is 1. The van der Waals surface area contributed by atoms with Crippen molar-refractivity contribution in [2.24, 2.45) is 0 Å². The molecule has 1 N–H and O–H groups in total. The number of amides is 1. The van der Waals surface area contributed by atoms with E-state index in [4.69, 9.17) is 5.26 Å². The first-order chi connectivity index (χ1) is 11.6. The van der Waals surface area contributed by atoms with Crippen LogP contribution in [0.1, 0.15) is 21.5 Å². The van der Waals surface area contributed by atoms with Crippen molar-refractivity contribution in [3.8, 4) is 6.07 Å². The first-order valence-corrected chi connectivity index (χ1v) is 7.45. The number of H-pyrrole nitrogens is 1. The molecule has 0 fully saturated rings. The van der Waals surface area contributed by atoms with E-state index in [2.05, 4.69) is 11.1 Å². The molecule has 0 aliphatic carbocycles. The quantitative estimate of drug-likeness (QED) is 0.807. The lowest BCUT2D eigenvalue weighted by molar-refractivity contribution is 0.0787. The molecule has 0 saturated carbocycles. The first-order valence-electron chi connectivity index (χ1n) is 7.45. The summed E-state index contributed by atoms with van der Waals surface area (Å²) in [7, 11) is 1.68. The fraction of sp³-hybridized carbons (Fsp3) is 0.105. The summed E-state index contributed by atoms with van der Waals surface area (Å²) in [5, 5.41) is 9.67. The Morgan fingerprint density at radius 1 is 1.17 bits per heavy atom. The summed E-state index contributed by atoms with van der Waals surface area (Å²) in [6.45, 7) is 0.357. The zero-order chi connectivity index (χ0) is 17.1. The molecule has 5 heteroatoms. The number of nitrogens with zero attached hydrogens (tertiary/aromatic N) is 2. The average Bonchev–Trinajstić information content (AvgIpc) is 2.60. The Morgan fingerprint density at radius 2 is 1.96 bits per heavy atom. The molecule has 0 radical (unpaired) electrons. The maximum atomic E-state index is 12.8. The van der Waals surface area contributed by atoms with Crippen LogP contribution in [-0.4, -0.2) is 22.8 Å². The largest absolute Gasteiger partial charge is 0.337 e. The number of para-hydroxylation sites is 1. The van der Waals surface area contributed by atoms with Crippen LogP contribution in [0.4, 0.5) is 0 Å². The van der Waals surface area contributed by atoms with Crippen LogP contribution in [0.3, 0.4) is 0 Å². The maximum Gasteiger partial charge on any atom is 0.254 e. The second-order valence-electron chi connectivity index (χ2n) is 5.57. The van der Waals surface area contributed by atoms with E-state index < -0.39 is 0 Å². The van der Waals surface area contributed by atoms with Crippen LogP contribution in [0, 0.1) is 11.3 Å². The summed E-state index contributed by atoms with van der Waals surface area (Å²) in [6.07, 6.45) is 0. The summed E-state index contributed by atoms with van der Waals surface area (Å²) in [5.74, 6) is -0.236. The molecule has 3 rings (SSSR count). The Morgan fingerprint density at radius 3 is 2.75 bits per heavy atom. The minimum absolute atomic E-state index is 0.236. The van der Waals surface area contributed by atoms with E-state index in [1.165, 1.54) is 11.0 Å². The minimum atomic E-state index is -0.308. The van der Waals surface area contributed by atoms with Crippen molar-refractivity contribution in [2.45, 2.75) is 6.54 Å². The molecular formula is C19H15N3O2. The molecule has 1 amide bonds. The van der Waals surface area contributed by atoms with E-state index in [1.807, 2.05) is 24.3 Å². The van der Waals surface area contributed by atoms with Gasteiger partial charge in [0.2, 0.25) is 5.56 Å². The fourth-order valence-corrected chi connectivity index (χ4v) is 2.67. The number of benzene rings is 2. The normalized spacial score (nSPS) is 10.3. The van der Waals surface area contributed by atoms with Crippen LogP contribution in [0.15, 0.2) is 59.4 Å². The molecule has 0 unspecified atom stereocenters. The van der Waals surface area contributed by atoms with Crippen LogP contribution in [0.5, 0.6) is 0 Å². The number of aromatic nitrogens is 1. The molecule has 2 aromatic carbocycles. The minimum Gasteiger partial charge on any atom is -0.337 e. The third kappa shape index (κ3) is 3.03. The van der Waals surface area contributed by atoms with Crippen molar-refractivity contribution >= 4 is 16.8 Å². The fourth-order valence-electron chi connectivity index (χ4n) is 2.67. The molecule has 1 heterocycles. The molecule has 0 spiro atoms. The van der Waals surface area contributed by atoms with Crippen LogP contribution in [-0.2, 0) is 6.54 Å². The number of carbonyl (C=O) groups is 1. The molecule has 3 aromatic rings. The average molecular weight is 317 g/mol. The van der Waals surface area contributed by atoms with Gasteiger partial charge in [0.05, 0.1) is 17.2 Å². The zero-order valence-electron chi connectivity index (χ0n) is 13.1. The van der Waals surface area contributed by atoms with Gasteiger partial charge >= 0.3 is 0 Å². The maximum absolute atomic E-state index is 12.8. The molecule has 5 nitrogen and oxygen atoms in total. The van der Waals surface area contributed by atoms with E-state index in [1.54, 1.807) is 31.3 Å². The predicted octanol–water partition coefficient (Wildman–Crippen LogP) is 2.67. The monoisotopic (exact) mass is 317 g/mol. The highest BCUT2D eigenvalue weighted by Crippen LogP contribution is 2.17. The van der Waals surface area contributed by atoms with E-state index >= 15 is 0 Å². The number of fused-ring (bicyclic) bond motifs is 1. The highest BCUT2D eigenvalue weighted by atomic mass is 16.2.